The van der Waals surface area contributed by atoms with Crippen LogP contribution in [0.1, 0.15) is 38.8 Å². The molecule has 1 N–H and O–H groups in total. The molecule has 3 amide bonds. The third-order valence-corrected chi connectivity index (χ3v) is 4.19. The van der Waals surface area contributed by atoms with Crippen LogP contribution in [0.3, 0.4) is 0 Å². The molecule has 5 heteroatoms. The average Bonchev–Trinajstić information content (AvgIpc) is 2.81. The minimum absolute atomic E-state index is 0.214. The molecule has 2 aromatic rings. The van der Waals surface area contributed by atoms with Crippen molar-refractivity contribution in [2.45, 2.75) is 19.8 Å². The maximum Gasteiger partial charge on any atom is 0.263 e. The Morgan fingerprint density at radius 1 is 1.00 bits per heavy atom. The molecule has 3 rings (SSSR count). The van der Waals surface area contributed by atoms with E-state index < -0.39 is 5.91 Å². The van der Waals surface area contributed by atoms with Gasteiger partial charge in [0.2, 0.25) is 5.91 Å². The number of nitrogens with one attached hydrogen (secondary N) is 1. The summed E-state index contributed by atoms with van der Waals surface area (Å²) in [5.74, 6) is -0.957. The van der Waals surface area contributed by atoms with E-state index in [9.17, 15) is 14.4 Å². The number of amides is 3. The highest BCUT2D eigenvalue weighted by Crippen LogP contribution is 2.28. The zero-order chi connectivity index (χ0) is 17.3. The minimum atomic E-state index is -0.391. The lowest BCUT2D eigenvalue weighted by molar-refractivity contribution is -0.115. The van der Waals surface area contributed by atoms with Gasteiger partial charge in [-0.05, 0) is 29.7 Å². The molecule has 122 valence electrons. The lowest BCUT2D eigenvalue weighted by Crippen LogP contribution is -2.24. The summed E-state index contributed by atoms with van der Waals surface area (Å²) < 4.78 is 0. The maximum absolute atomic E-state index is 12.3. The van der Waals surface area contributed by atoms with E-state index in [1.54, 1.807) is 18.2 Å². The van der Waals surface area contributed by atoms with Gasteiger partial charge in [0.15, 0.2) is 0 Å². The van der Waals surface area contributed by atoms with E-state index in [2.05, 4.69) is 12.2 Å². The number of anilines is 1. The molecule has 0 saturated carbocycles. The first-order valence-corrected chi connectivity index (χ1v) is 7.84. The fraction of sp³-hybridized carbons (Fsp3) is 0.211. The van der Waals surface area contributed by atoms with Crippen molar-refractivity contribution in [3.8, 4) is 0 Å². The SMILES string of the molecule is CCc1ccc(CC(=O)Nc2cccc3c2C(=O)N(C)C3=O)cc1. The Kier molecular flexibility index (Phi) is 4.16. The average molecular weight is 322 g/mol. The highest BCUT2D eigenvalue weighted by molar-refractivity contribution is 6.24. The molecule has 0 spiro atoms. The molecule has 0 bridgehead atoms. The van der Waals surface area contributed by atoms with Gasteiger partial charge in [0, 0.05) is 7.05 Å². The number of carbonyl (C=O) groups excluding carboxylic acids is 3. The van der Waals surface area contributed by atoms with Crippen molar-refractivity contribution >= 4 is 23.4 Å². The fourth-order valence-corrected chi connectivity index (χ4v) is 2.78. The van der Waals surface area contributed by atoms with Crippen molar-refractivity contribution in [1.29, 1.82) is 0 Å². The topological polar surface area (TPSA) is 66.5 Å². The molecule has 0 aliphatic carbocycles. The van der Waals surface area contributed by atoms with Crippen LogP contribution in [0, 0.1) is 0 Å². The molecule has 5 nitrogen and oxygen atoms in total. The summed E-state index contributed by atoms with van der Waals surface area (Å²) in [4.78, 5) is 37.5. The van der Waals surface area contributed by atoms with E-state index >= 15 is 0 Å². The van der Waals surface area contributed by atoms with Crippen LogP contribution in [0.2, 0.25) is 0 Å². The molecule has 1 aliphatic rings. The van der Waals surface area contributed by atoms with Gasteiger partial charge >= 0.3 is 0 Å². The number of hydrogen-bond donors (Lipinski definition) is 1. The van der Waals surface area contributed by atoms with Gasteiger partial charge in [-0.3, -0.25) is 19.3 Å². The largest absolute Gasteiger partial charge is 0.325 e. The van der Waals surface area contributed by atoms with Crippen LogP contribution < -0.4 is 5.32 Å². The van der Waals surface area contributed by atoms with E-state index in [4.69, 9.17) is 0 Å². The summed E-state index contributed by atoms with van der Waals surface area (Å²) in [5.41, 5.74) is 3.08. The highest BCUT2D eigenvalue weighted by atomic mass is 16.2. The molecular formula is C19H18N2O3. The van der Waals surface area contributed by atoms with Gasteiger partial charge in [0.25, 0.3) is 11.8 Å². The second kappa shape index (κ2) is 6.28. The summed E-state index contributed by atoms with van der Waals surface area (Å²) in [6.07, 6.45) is 1.16. The zero-order valence-corrected chi connectivity index (χ0v) is 13.6. The molecule has 24 heavy (non-hydrogen) atoms. The number of aryl methyl sites for hydroxylation is 1. The monoisotopic (exact) mass is 322 g/mol. The number of hydrogen-bond acceptors (Lipinski definition) is 3. The normalized spacial score (nSPS) is 13.2. The maximum atomic E-state index is 12.3. The van der Waals surface area contributed by atoms with E-state index in [1.807, 2.05) is 24.3 Å². The highest BCUT2D eigenvalue weighted by Gasteiger charge is 2.35. The Balaban J connectivity index is 1.78. The van der Waals surface area contributed by atoms with E-state index in [1.165, 1.54) is 12.6 Å². The molecule has 0 atom stereocenters. The van der Waals surface area contributed by atoms with Crippen LogP contribution in [-0.2, 0) is 17.6 Å². The summed E-state index contributed by atoms with van der Waals surface area (Å²) >= 11 is 0. The van der Waals surface area contributed by atoms with Crippen molar-refractivity contribution in [3.05, 3.63) is 64.7 Å². The Morgan fingerprint density at radius 2 is 1.67 bits per heavy atom. The number of fused-ring (bicyclic) bond motifs is 1. The fourth-order valence-electron chi connectivity index (χ4n) is 2.78. The lowest BCUT2D eigenvalue weighted by atomic mass is 10.1. The number of imide groups is 1. The van der Waals surface area contributed by atoms with Crippen LogP contribution in [0.4, 0.5) is 5.69 Å². The predicted octanol–water partition coefficient (Wildman–Crippen LogP) is 2.66. The number of nitrogens with zero attached hydrogens (tertiary/aromatic N) is 1. The minimum Gasteiger partial charge on any atom is -0.325 e. The standard InChI is InChI=1S/C19H18N2O3/c1-3-12-7-9-13(10-8-12)11-16(22)20-15-6-4-5-14-17(15)19(24)21(2)18(14)23/h4-10H,3,11H2,1-2H3,(H,20,22). The van der Waals surface area contributed by atoms with E-state index in [0.29, 0.717) is 11.3 Å². The predicted molar refractivity (Wildman–Crippen MR) is 91.0 cm³/mol. The molecule has 0 radical (unpaired) electrons. The zero-order valence-electron chi connectivity index (χ0n) is 13.6. The van der Waals surface area contributed by atoms with Gasteiger partial charge < -0.3 is 5.32 Å². The number of rotatable bonds is 4. The van der Waals surface area contributed by atoms with Crippen LogP contribution in [0.15, 0.2) is 42.5 Å². The molecule has 0 saturated heterocycles. The third-order valence-electron chi connectivity index (χ3n) is 4.19. The van der Waals surface area contributed by atoms with Gasteiger partial charge in [-0.1, -0.05) is 37.3 Å². The summed E-state index contributed by atoms with van der Waals surface area (Å²) in [5, 5.41) is 2.75. The van der Waals surface area contributed by atoms with Crippen molar-refractivity contribution in [2.24, 2.45) is 0 Å². The molecule has 2 aromatic carbocycles. The van der Waals surface area contributed by atoms with Crippen LogP contribution >= 0.6 is 0 Å². The first-order chi connectivity index (χ1) is 11.5. The Hall–Kier alpha value is -2.95. The van der Waals surface area contributed by atoms with Crippen molar-refractivity contribution in [1.82, 2.24) is 4.90 Å². The van der Waals surface area contributed by atoms with E-state index in [-0.39, 0.29) is 23.8 Å². The van der Waals surface area contributed by atoms with E-state index in [0.717, 1.165) is 16.9 Å². The molecule has 0 aromatic heterocycles. The molecule has 1 heterocycles. The molecular weight excluding hydrogens is 304 g/mol. The summed E-state index contributed by atoms with van der Waals surface area (Å²) in [6.45, 7) is 2.08. The molecule has 1 aliphatic heterocycles. The first-order valence-electron chi connectivity index (χ1n) is 7.84. The smallest absolute Gasteiger partial charge is 0.263 e. The Morgan fingerprint density at radius 3 is 2.33 bits per heavy atom. The number of carbonyl (C=O) groups is 3. The van der Waals surface area contributed by atoms with Crippen molar-refractivity contribution < 1.29 is 14.4 Å². The summed E-state index contributed by atoms with van der Waals surface area (Å²) in [6, 6.07) is 12.8. The Labute approximate surface area is 140 Å². The van der Waals surface area contributed by atoms with Crippen molar-refractivity contribution in [2.75, 3.05) is 12.4 Å². The van der Waals surface area contributed by atoms with Crippen LogP contribution in [0.5, 0.6) is 0 Å². The second-order valence-corrected chi connectivity index (χ2v) is 5.79. The number of benzene rings is 2. The Bertz CT molecular complexity index is 825. The van der Waals surface area contributed by atoms with Gasteiger partial charge in [0.05, 0.1) is 23.2 Å². The van der Waals surface area contributed by atoms with Gasteiger partial charge in [0.1, 0.15) is 0 Å². The second-order valence-electron chi connectivity index (χ2n) is 5.79. The van der Waals surface area contributed by atoms with Crippen LogP contribution in [0.25, 0.3) is 0 Å². The van der Waals surface area contributed by atoms with Crippen LogP contribution in [-0.4, -0.2) is 29.7 Å². The van der Waals surface area contributed by atoms with Gasteiger partial charge in [-0.15, -0.1) is 0 Å². The van der Waals surface area contributed by atoms with Gasteiger partial charge in [-0.2, -0.15) is 0 Å². The third kappa shape index (κ3) is 2.80. The summed E-state index contributed by atoms with van der Waals surface area (Å²) in [7, 11) is 1.44. The first kappa shape index (κ1) is 15.9. The van der Waals surface area contributed by atoms with Gasteiger partial charge in [-0.25, -0.2) is 0 Å². The lowest BCUT2D eigenvalue weighted by Gasteiger charge is -2.09. The van der Waals surface area contributed by atoms with Crippen molar-refractivity contribution in [3.63, 3.8) is 0 Å². The molecule has 0 unspecified atom stereocenters. The molecule has 0 fully saturated rings. The quantitative estimate of drug-likeness (QED) is 0.880.